The van der Waals surface area contributed by atoms with Crippen LogP contribution in [0.3, 0.4) is 0 Å². The van der Waals surface area contributed by atoms with Crippen LogP contribution in [0, 0.1) is 0 Å². The van der Waals surface area contributed by atoms with Gasteiger partial charge in [0, 0.05) is 30.4 Å². The zero-order valence-electron chi connectivity index (χ0n) is 11.9. The van der Waals surface area contributed by atoms with E-state index >= 15 is 0 Å². The number of thiophene rings is 1. The van der Waals surface area contributed by atoms with E-state index in [9.17, 15) is 4.79 Å². The van der Waals surface area contributed by atoms with Gasteiger partial charge in [-0.3, -0.25) is 4.90 Å². The van der Waals surface area contributed by atoms with Crippen molar-refractivity contribution in [2.75, 3.05) is 33.7 Å². The van der Waals surface area contributed by atoms with E-state index in [-0.39, 0.29) is 0 Å². The Morgan fingerprint density at radius 3 is 2.86 bits per heavy atom. The van der Waals surface area contributed by atoms with Gasteiger partial charge in [0.05, 0.1) is 22.2 Å². The number of nitrogens with zero attached hydrogens (tertiary/aromatic N) is 3. The van der Waals surface area contributed by atoms with Crippen LogP contribution in [0.25, 0.3) is 10.6 Å². The highest BCUT2D eigenvalue weighted by Crippen LogP contribution is 2.32. The first-order valence-electron chi connectivity index (χ1n) is 6.71. The molecule has 0 aliphatic carbocycles. The van der Waals surface area contributed by atoms with Crippen LogP contribution in [-0.4, -0.2) is 59.6 Å². The minimum Gasteiger partial charge on any atom is -0.478 e. The Balaban J connectivity index is 1.83. The molecule has 0 amide bonds. The SMILES string of the molecule is CN1CCN(C)C(c2nc(-c3cc(C(=O)O)cs3)cs2)C1. The quantitative estimate of drug-likeness (QED) is 0.940. The molecule has 3 rings (SSSR count). The van der Waals surface area contributed by atoms with Crippen molar-refractivity contribution in [3.8, 4) is 10.6 Å². The van der Waals surface area contributed by atoms with Crippen LogP contribution in [0.4, 0.5) is 0 Å². The van der Waals surface area contributed by atoms with Gasteiger partial charge >= 0.3 is 5.97 Å². The number of carboxylic acid groups (broad SMARTS) is 1. The number of likely N-dealkylation sites (N-methyl/N-ethyl adjacent to an activating group) is 2. The van der Waals surface area contributed by atoms with E-state index in [0.717, 1.165) is 35.2 Å². The lowest BCUT2D eigenvalue weighted by atomic mass is 10.2. The summed E-state index contributed by atoms with van der Waals surface area (Å²) < 4.78 is 0. The lowest BCUT2D eigenvalue weighted by molar-refractivity contribution is 0.0697. The highest BCUT2D eigenvalue weighted by atomic mass is 32.1. The van der Waals surface area contributed by atoms with Crippen LogP contribution >= 0.6 is 22.7 Å². The third-order valence-corrected chi connectivity index (χ3v) is 5.66. The molecule has 0 saturated carbocycles. The molecule has 1 atom stereocenters. The van der Waals surface area contributed by atoms with E-state index < -0.39 is 5.97 Å². The van der Waals surface area contributed by atoms with Gasteiger partial charge in [0.1, 0.15) is 5.01 Å². The van der Waals surface area contributed by atoms with Crippen molar-refractivity contribution in [1.82, 2.24) is 14.8 Å². The number of hydrogen-bond acceptors (Lipinski definition) is 6. The maximum Gasteiger partial charge on any atom is 0.336 e. The minimum absolute atomic E-state index is 0.321. The molecule has 2 aromatic rings. The van der Waals surface area contributed by atoms with Crippen molar-refractivity contribution < 1.29 is 9.90 Å². The molecule has 1 aliphatic heterocycles. The van der Waals surface area contributed by atoms with Crippen LogP contribution < -0.4 is 0 Å². The van der Waals surface area contributed by atoms with E-state index in [1.54, 1.807) is 22.8 Å². The van der Waals surface area contributed by atoms with Crippen molar-refractivity contribution >= 4 is 28.6 Å². The molecule has 1 aliphatic rings. The van der Waals surface area contributed by atoms with Gasteiger partial charge in [0.15, 0.2) is 0 Å². The summed E-state index contributed by atoms with van der Waals surface area (Å²) in [4.78, 5) is 21.3. The van der Waals surface area contributed by atoms with Gasteiger partial charge in [0.25, 0.3) is 0 Å². The molecule has 0 bridgehead atoms. The average Bonchev–Trinajstić information content (AvgIpc) is 3.09. The molecule has 1 N–H and O–H groups in total. The van der Waals surface area contributed by atoms with Crippen molar-refractivity contribution in [3.05, 3.63) is 27.4 Å². The summed E-state index contributed by atoms with van der Waals surface area (Å²) in [7, 11) is 4.26. The molecular formula is C14H17N3O2S2. The third kappa shape index (κ3) is 3.01. The summed E-state index contributed by atoms with van der Waals surface area (Å²) in [5, 5.41) is 13.8. The van der Waals surface area contributed by atoms with Crippen LogP contribution in [0.2, 0.25) is 0 Å². The number of aromatic nitrogens is 1. The summed E-state index contributed by atoms with van der Waals surface area (Å²) >= 11 is 3.09. The number of piperazine rings is 1. The molecule has 0 radical (unpaired) electrons. The van der Waals surface area contributed by atoms with E-state index in [4.69, 9.17) is 10.1 Å². The normalized spacial score (nSPS) is 20.8. The highest BCUT2D eigenvalue weighted by molar-refractivity contribution is 7.14. The predicted octanol–water partition coefficient (Wildman–Crippen LogP) is 2.49. The van der Waals surface area contributed by atoms with Gasteiger partial charge in [-0.05, 0) is 20.2 Å². The Hall–Kier alpha value is -1.28. The first kappa shape index (κ1) is 14.6. The molecule has 7 heteroatoms. The van der Waals surface area contributed by atoms with Crippen LogP contribution in [0.15, 0.2) is 16.8 Å². The van der Waals surface area contributed by atoms with Crippen molar-refractivity contribution in [2.24, 2.45) is 0 Å². The monoisotopic (exact) mass is 323 g/mol. The number of hydrogen-bond donors (Lipinski definition) is 1. The topological polar surface area (TPSA) is 56.7 Å². The second kappa shape index (κ2) is 5.84. The van der Waals surface area contributed by atoms with Gasteiger partial charge in [0.2, 0.25) is 0 Å². The Morgan fingerprint density at radius 2 is 2.14 bits per heavy atom. The van der Waals surface area contributed by atoms with Crippen LogP contribution in [-0.2, 0) is 0 Å². The zero-order chi connectivity index (χ0) is 15.0. The molecule has 112 valence electrons. The van der Waals surface area contributed by atoms with E-state index in [1.807, 2.05) is 5.38 Å². The molecule has 3 heterocycles. The van der Waals surface area contributed by atoms with E-state index in [1.165, 1.54) is 11.3 Å². The van der Waals surface area contributed by atoms with Gasteiger partial charge in [-0.15, -0.1) is 22.7 Å². The summed E-state index contributed by atoms with van der Waals surface area (Å²) in [6.07, 6.45) is 0. The molecule has 2 aromatic heterocycles. The number of thiazole rings is 1. The number of aromatic carboxylic acids is 1. The molecule has 1 saturated heterocycles. The summed E-state index contributed by atoms with van der Waals surface area (Å²) in [6.45, 7) is 3.10. The maximum atomic E-state index is 11.0. The van der Waals surface area contributed by atoms with Crippen LogP contribution in [0.5, 0.6) is 0 Å². The van der Waals surface area contributed by atoms with E-state index in [0.29, 0.717) is 11.6 Å². The molecule has 5 nitrogen and oxygen atoms in total. The Kier molecular flexibility index (Phi) is 4.08. The predicted molar refractivity (Wildman–Crippen MR) is 85.3 cm³/mol. The van der Waals surface area contributed by atoms with Crippen molar-refractivity contribution in [2.45, 2.75) is 6.04 Å². The first-order chi connectivity index (χ1) is 10.0. The molecule has 21 heavy (non-hydrogen) atoms. The lowest BCUT2D eigenvalue weighted by Gasteiger charge is -2.36. The Bertz CT molecular complexity index is 652. The van der Waals surface area contributed by atoms with Gasteiger partial charge in [-0.25, -0.2) is 9.78 Å². The van der Waals surface area contributed by atoms with Crippen LogP contribution in [0.1, 0.15) is 21.4 Å². The van der Waals surface area contributed by atoms with Gasteiger partial charge in [-0.1, -0.05) is 0 Å². The summed E-state index contributed by atoms with van der Waals surface area (Å²) in [6, 6.07) is 2.02. The number of rotatable bonds is 3. The van der Waals surface area contributed by atoms with Crippen molar-refractivity contribution in [1.29, 1.82) is 0 Å². The van der Waals surface area contributed by atoms with Gasteiger partial charge in [-0.2, -0.15) is 0 Å². The standard InChI is InChI=1S/C14H17N3O2S2/c1-16-3-4-17(2)11(6-16)13-15-10(8-21-13)12-5-9(7-20-12)14(18)19/h5,7-8,11H,3-4,6H2,1-2H3,(H,18,19). The van der Waals surface area contributed by atoms with E-state index in [2.05, 4.69) is 23.9 Å². The smallest absolute Gasteiger partial charge is 0.336 e. The largest absolute Gasteiger partial charge is 0.478 e. The highest BCUT2D eigenvalue weighted by Gasteiger charge is 2.26. The number of carboxylic acids is 1. The molecule has 0 aromatic carbocycles. The first-order valence-corrected chi connectivity index (χ1v) is 8.47. The lowest BCUT2D eigenvalue weighted by Crippen LogP contribution is -2.44. The number of carbonyl (C=O) groups is 1. The fourth-order valence-electron chi connectivity index (χ4n) is 2.41. The fourth-order valence-corrected chi connectivity index (χ4v) is 4.31. The third-order valence-electron chi connectivity index (χ3n) is 3.76. The Morgan fingerprint density at radius 1 is 1.33 bits per heavy atom. The van der Waals surface area contributed by atoms with Gasteiger partial charge < -0.3 is 10.0 Å². The Labute approximate surface area is 131 Å². The molecule has 0 spiro atoms. The second-order valence-corrected chi connectivity index (χ2v) is 7.14. The summed E-state index contributed by atoms with van der Waals surface area (Å²) in [5.74, 6) is -0.887. The molecule has 1 unspecified atom stereocenters. The minimum atomic E-state index is -0.887. The summed E-state index contributed by atoms with van der Waals surface area (Å²) in [5.41, 5.74) is 1.22. The van der Waals surface area contributed by atoms with Crippen molar-refractivity contribution in [3.63, 3.8) is 0 Å². The second-order valence-electron chi connectivity index (χ2n) is 5.33. The average molecular weight is 323 g/mol. The fraction of sp³-hybridized carbons (Fsp3) is 0.429. The zero-order valence-corrected chi connectivity index (χ0v) is 13.6. The molecular weight excluding hydrogens is 306 g/mol. The maximum absolute atomic E-state index is 11.0. The molecule has 1 fully saturated rings.